The predicted octanol–water partition coefficient (Wildman–Crippen LogP) is 1.17. The van der Waals surface area contributed by atoms with Crippen LogP contribution < -0.4 is 5.32 Å². The van der Waals surface area contributed by atoms with Crippen LogP contribution in [-0.2, 0) is 11.3 Å². The molecular formula is C14H20FN3O. The van der Waals surface area contributed by atoms with E-state index >= 15 is 0 Å². The van der Waals surface area contributed by atoms with E-state index in [1.807, 2.05) is 0 Å². The van der Waals surface area contributed by atoms with Gasteiger partial charge in [0, 0.05) is 37.9 Å². The van der Waals surface area contributed by atoms with E-state index < -0.39 is 0 Å². The highest BCUT2D eigenvalue weighted by molar-refractivity contribution is 5.10. The Morgan fingerprint density at radius 1 is 1.42 bits per heavy atom. The van der Waals surface area contributed by atoms with Gasteiger partial charge in [0.25, 0.3) is 0 Å². The summed E-state index contributed by atoms with van der Waals surface area (Å²) >= 11 is 0. The van der Waals surface area contributed by atoms with E-state index in [1.165, 1.54) is 19.0 Å². The Bertz CT molecular complexity index is 425. The number of nitrogens with zero attached hydrogens (tertiary/aromatic N) is 2. The van der Waals surface area contributed by atoms with Gasteiger partial charge in [-0.3, -0.25) is 9.88 Å². The van der Waals surface area contributed by atoms with Gasteiger partial charge in [-0.05, 0) is 24.5 Å². The van der Waals surface area contributed by atoms with Crippen molar-refractivity contribution in [2.24, 2.45) is 0 Å². The maximum Gasteiger partial charge on any atom is 0.141 e. The summed E-state index contributed by atoms with van der Waals surface area (Å²) in [5, 5.41) is 3.54. The van der Waals surface area contributed by atoms with Gasteiger partial charge in [0.05, 0.1) is 19.4 Å². The van der Waals surface area contributed by atoms with Gasteiger partial charge >= 0.3 is 0 Å². The van der Waals surface area contributed by atoms with Crippen molar-refractivity contribution in [3.63, 3.8) is 0 Å². The molecule has 0 aromatic carbocycles. The molecule has 2 heterocycles. The summed E-state index contributed by atoms with van der Waals surface area (Å²) in [6.07, 6.45) is 5.57. The van der Waals surface area contributed by atoms with Crippen LogP contribution in [0.15, 0.2) is 18.5 Å². The van der Waals surface area contributed by atoms with Crippen molar-refractivity contribution < 1.29 is 9.13 Å². The molecular weight excluding hydrogens is 245 g/mol. The summed E-state index contributed by atoms with van der Waals surface area (Å²) < 4.78 is 18.7. The molecule has 1 N–H and O–H groups in total. The van der Waals surface area contributed by atoms with Crippen LogP contribution in [0, 0.1) is 5.82 Å². The Kier molecular flexibility index (Phi) is 4.06. The fourth-order valence-electron chi connectivity index (χ4n) is 2.45. The minimum Gasteiger partial charge on any atom is -0.378 e. The summed E-state index contributed by atoms with van der Waals surface area (Å²) in [7, 11) is 0. The first kappa shape index (κ1) is 13.0. The molecule has 1 unspecified atom stereocenters. The lowest BCUT2D eigenvalue weighted by Gasteiger charge is -2.35. The summed E-state index contributed by atoms with van der Waals surface area (Å²) in [5.74, 6) is -0.265. The van der Waals surface area contributed by atoms with Crippen LogP contribution in [0.5, 0.6) is 0 Å². The third-order valence-corrected chi connectivity index (χ3v) is 3.72. The second-order valence-corrected chi connectivity index (χ2v) is 5.39. The Hall–Kier alpha value is -1.04. The van der Waals surface area contributed by atoms with Crippen molar-refractivity contribution in [3.8, 4) is 0 Å². The molecule has 1 aromatic heterocycles. The van der Waals surface area contributed by atoms with Gasteiger partial charge in [0.2, 0.25) is 0 Å². The molecule has 104 valence electrons. The number of halogens is 1. The van der Waals surface area contributed by atoms with Crippen LogP contribution in [0.1, 0.15) is 18.4 Å². The van der Waals surface area contributed by atoms with E-state index in [-0.39, 0.29) is 5.82 Å². The first-order chi connectivity index (χ1) is 9.31. The predicted molar refractivity (Wildman–Crippen MR) is 70.2 cm³/mol. The molecule has 1 saturated heterocycles. The molecule has 2 aliphatic rings. The van der Waals surface area contributed by atoms with Crippen molar-refractivity contribution >= 4 is 0 Å². The molecule has 1 aliphatic carbocycles. The van der Waals surface area contributed by atoms with Crippen LogP contribution >= 0.6 is 0 Å². The van der Waals surface area contributed by atoms with E-state index in [4.69, 9.17) is 4.74 Å². The highest BCUT2D eigenvalue weighted by atomic mass is 19.1. The Morgan fingerprint density at radius 3 is 3.11 bits per heavy atom. The van der Waals surface area contributed by atoms with Gasteiger partial charge in [-0.1, -0.05) is 0 Å². The van der Waals surface area contributed by atoms with Crippen molar-refractivity contribution in [1.29, 1.82) is 0 Å². The minimum absolute atomic E-state index is 0.265. The molecule has 5 heteroatoms. The molecule has 0 bridgehead atoms. The van der Waals surface area contributed by atoms with E-state index in [0.29, 0.717) is 12.1 Å². The number of hydrogen-bond acceptors (Lipinski definition) is 4. The minimum atomic E-state index is -0.265. The van der Waals surface area contributed by atoms with Crippen molar-refractivity contribution in [2.45, 2.75) is 31.5 Å². The Balaban J connectivity index is 1.59. The highest BCUT2D eigenvalue weighted by Gasteiger charge is 2.26. The summed E-state index contributed by atoms with van der Waals surface area (Å²) in [6.45, 7) is 4.09. The van der Waals surface area contributed by atoms with Crippen LogP contribution in [0.4, 0.5) is 4.39 Å². The van der Waals surface area contributed by atoms with Crippen molar-refractivity contribution in [3.05, 3.63) is 29.8 Å². The van der Waals surface area contributed by atoms with Gasteiger partial charge in [0.15, 0.2) is 0 Å². The van der Waals surface area contributed by atoms with Crippen molar-refractivity contribution in [1.82, 2.24) is 15.2 Å². The number of ether oxygens (including phenoxy) is 1. The highest BCUT2D eigenvalue weighted by Crippen LogP contribution is 2.19. The Labute approximate surface area is 113 Å². The van der Waals surface area contributed by atoms with Gasteiger partial charge in [-0.25, -0.2) is 4.39 Å². The Morgan fingerprint density at radius 2 is 2.32 bits per heavy atom. The number of hydrogen-bond donors (Lipinski definition) is 1. The monoisotopic (exact) mass is 265 g/mol. The van der Waals surface area contributed by atoms with Gasteiger partial charge in [0.1, 0.15) is 5.82 Å². The standard InChI is InChI=1S/C14H20FN3O/c15-12-5-11(6-16-7-12)9-18-3-4-19-10-14(18)8-17-13-1-2-13/h5-7,13-14,17H,1-4,8-10H2. The van der Waals surface area contributed by atoms with Gasteiger partial charge < -0.3 is 10.1 Å². The number of nitrogens with one attached hydrogen (secondary N) is 1. The molecule has 2 fully saturated rings. The van der Waals surface area contributed by atoms with Crippen LogP contribution in [0.25, 0.3) is 0 Å². The largest absolute Gasteiger partial charge is 0.378 e. The zero-order chi connectivity index (χ0) is 13.1. The third kappa shape index (κ3) is 3.72. The molecule has 3 rings (SSSR count). The third-order valence-electron chi connectivity index (χ3n) is 3.72. The molecule has 1 atom stereocenters. The van der Waals surface area contributed by atoms with E-state index in [1.54, 1.807) is 12.3 Å². The zero-order valence-electron chi connectivity index (χ0n) is 11.0. The first-order valence-corrected chi connectivity index (χ1v) is 6.96. The second-order valence-electron chi connectivity index (χ2n) is 5.39. The molecule has 1 aliphatic heterocycles. The average molecular weight is 265 g/mol. The van der Waals surface area contributed by atoms with Gasteiger partial charge in [-0.2, -0.15) is 0 Å². The van der Waals surface area contributed by atoms with E-state index in [0.717, 1.165) is 38.4 Å². The maximum atomic E-state index is 13.2. The number of aromatic nitrogens is 1. The van der Waals surface area contributed by atoms with E-state index in [9.17, 15) is 4.39 Å². The topological polar surface area (TPSA) is 37.4 Å². The molecule has 19 heavy (non-hydrogen) atoms. The smallest absolute Gasteiger partial charge is 0.141 e. The fraction of sp³-hybridized carbons (Fsp3) is 0.643. The SMILES string of the molecule is Fc1cncc(CN2CCOCC2CNC2CC2)c1. The average Bonchev–Trinajstić information content (AvgIpc) is 3.22. The molecule has 4 nitrogen and oxygen atoms in total. The summed E-state index contributed by atoms with van der Waals surface area (Å²) in [4.78, 5) is 6.27. The normalized spacial score (nSPS) is 24.6. The lowest BCUT2D eigenvalue weighted by atomic mass is 10.2. The second kappa shape index (κ2) is 5.94. The molecule has 0 spiro atoms. The first-order valence-electron chi connectivity index (χ1n) is 6.96. The fourth-order valence-corrected chi connectivity index (χ4v) is 2.45. The molecule has 0 radical (unpaired) electrons. The molecule has 1 aromatic rings. The van der Waals surface area contributed by atoms with Crippen LogP contribution in [0.2, 0.25) is 0 Å². The lowest BCUT2D eigenvalue weighted by molar-refractivity contribution is -0.0111. The summed E-state index contributed by atoms with van der Waals surface area (Å²) in [5.41, 5.74) is 0.929. The molecule has 0 amide bonds. The molecule has 1 saturated carbocycles. The quantitative estimate of drug-likeness (QED) is 0.867. The number of rotatable bonds is 5. The number of morpholine rings is 1. The zero-order valence-corrected chi connectivity index (χ0v) is 11.0. The van der Waals surface area contributed by atoms with Crippen LogP contribution in [0.3, 0.4) is 0 Å². The number of pyridine rings is 1. The van der Waals surface area contributed by atoms with Crippen molar-refractivity contribution in [2.75, 3.05) is 26.3 Å². The summed E-state index contributed by atoms with van der Waals surface area (Å²) in [6, 6.07) is 2.64. The van der Waals surface area contributed by atoms with E-state index in [2.05, 4.69) is 15.2 Å². The maximum absolute atomic E-state index is 13.2. The van der Waals surface area contributed by atoms with Crippen LogP contribution in [-0.4, -0.2) is 48.3 Å². The van der Waals surface area contributed by atoms with Gasteiger partial charge in [-0.15, -0.1) is 0 Å². The lowest BCUT2D eigenvalue weighted by Crippen LogP contribution is -2.50.